The maximum atomic E-state index is 8.48. The van der Waals surface area contributed by atoms with Gasteiger partial charge in [-0.1, -0.05) is 0 Å². The zero-order valence-corrected chi connectivity index (χ0v) is 9.74. The van der Waals surface area contributed by atoms with Gasteiger partial charge in [0.1, 0.15) is 0 Å². The summed E-state index contributed by atoms with van der Waals surface area (Å²) in [6, 6.07) is 0. The summed E-state index contributed by atoms with van der Waals surface area (Å²) in [6.07, 6.45) is 0. The molecule has 0 aliphatic carbocycles. The second-order valence-corrected chi connectivity index (χ2v) is 2.01. The van der Waals surface area contributed by atoms with Crippen LogP contribution in [0.3, 0.4) is 0 Å². The Kier molecular flexibility index (Phi) is 22.2. The maximum absolute atomic E-state index is 8.48. The monoisotopic (exact) mass is 190 g/mol. The van der Waals surface area contributed by atoms with Crippen LogP contribution < -0.4 is 35.7 Å². The first kappa shape index (κ1) is 18.6. The second kappa shape index (κ2) is 14.3. The van der Waals surface area contributed by atoms with Gasteiger partial charge in [0.2, 0.25) is 0 Å². The summed E-state index contributed by atoms with van der Waals surface area (Å²) in [4.78, 5) is 1.79. The molecule has 0 rings (SSSR count). The van der Waals surface area contributed by atoms with E-state index in [9.17, 15) is 0 Å². The van der Waals surface area contributed by atoms with Gasteiger partial charge in [0, 0.05) is 19.6 Å². The normalized spacial score (nSPS) is 9.00. The molecule has 0 aromatic rings. The number of nitrogens with zero attached hydrogens (tertiary/aromatic N) is 1. The van der Waals surface area contributed by atoms with Crippen molar-refractivity contribution in [3.63, 3.8) is 0 Å². The van der Waals surface area contributed by atoms with E-state index in [1.165, 1.54) is 0 Å². The number of rotatable bonds is 6. The summed E-state index contributed by atoms with van der Waals surface area (Å²) in [6.45, 7) is 1.75. The predicted molar refractivity (Wildman–Crippen MR) is 43.8 cm³/mol. The summed E-state index contributed by atoms with van der Waals surface area (Å²) >= 11 is 0. The molecular formula is C6H19N2NaO3. The molecule has 0 aromatic carbocycles. The van der Waals surface area contributed by atoms with Gasteiger partial charge in [0.15, 0.2) is 0 Å². The van der Waals surface area contributed by atoms with Gasteiger partial charge in [-0.25, -0.2) is 0 Å². The molecule has 0 fully saturated rings. The van der Waals surface area contributed by atoms with Crippen molar-refractivity contribution in [3.8, 4) is 0 Å². The summed E-state index contributed by atoms with van der Waals surface area (Å²) < 4.78 is 0. The Labute approximate surface area is 96.7 Å². The van der Waals surface area contributed by atoms with Crippen LogP contribution >= 0.6 is 0 Å². The first-order valence-corrected chi connectivity index (χ1v) is 3.40. The molecule has 0 unspecified atom stereocenters. The summed E-state index contributed by atoms with van der Waals surface area (Å²) in [5.74, 6) is 0. The number of aliphatic hydroxyl groups is 3. The van der Waals surface area contributed by atoms with Crippen LogP contribution in [0.2, 0.25) is 0 Å². The standard InChI is InChI=1S/C6H15NO3.H3N.Na.H/c8-4-1-7(2-5-9)3-6-10;;;/h8-10H,1-6H2;1H3;;/q;;+1;-1. The molecule has 5 nitrogen and oxygen atoms in total. The topological polar surface area (TPSA) is 98.9 Å². The second-order valence-electron chi connectivity index (χ2n) is 2.01. The smallest absolute Gasteiger partial charge is 1.00 e. The average molecular weight is 190 g/mol. The van der Waals surface area contributed by atoms with Gasteiger partial charge in [0.05, 0.1) is 19.8 Å². The van der Waals surface area contributed by atoms with Gasteiger partial charge in [-0.2, -0.15) is 0 Å². The molecule has 6 heteroatoms. The Morgan fingerprint density at radius 2 is 1.08 bits per heavy atom. The fourth-order valence-electron chi connectivity index (χ4n) is 0.760. The largest absolute Gasteiger partial charge is 1.00 e. The molecule has 0 radical (unpaired) electrons. The first-order valence-electron chi connectivity index (χ1n) is 3.40. The van der Waals surface area contributed by atoms with Crippen LogP contribution in [-0.4, -0.2) is 59.7 Å². The molecule has 0 spiro atoms. The zero-order chi connectivity index (χ0) is 7.82. The molecule has 0 aliphatic heterocycles. The Morgan fingerprint density at radius 1 is 0.833 bits per heavy atom. The molecule has 0 atom stereocenters. The molecule has 0 saturated carbocycles. The van der Waals surface area contributed by atoms with Crippen molar-refractivity contribution < 1.29 is 46.3 Å². The van der Waals surface area contributed by atoms with E-state index in [4.69, 9.17) is 15.3 Å². The minimum absolute atomic E-state index is 0. The van der Waals surface area contributed by atoms with Gasteiger partial charge in [-0.05, 0) is 0 Å². The van der Waals surface area contributed by atoms with Crippen LogP contribution in [0, 0.1) is 0 Å². The molecular weight excluding hydrogens is 171 g/mol. The van der Waals surface area contributed by atoms with Crippen molar-refractivity contribution in [2.24, 2.45) is 0 Å². The van der Waals surface area contributed by atoms with E-state index < -0.39 is 0 Å². The minimum atomic E-state index is 0. The first-order chi connectivity index (χ1) is 4.85. The van der Waals surface area contributed by atoms with Crippen LogP contribution in [0.4, 0.5) is 0 Å². The quantitative estimate of drug-likeness (QED) is 0.317. The minimum Gasteiger partial charge on any atom is -1.00 e. The van der Waals surface area contributed by atoms with Crippen molar-refractivity contribution in [3.05, 3.63) is 0 Å². The summed E-state index contributed by atoms with van der Waals surface area (Å²) in [5, 5.41) is 25.5. The van der Waals surface area contributed by atoms with E-state index in [1.807, 2.05) is 0 Å². The van der Waals surface area contributed by atoms with Crippen LogP contribution in [0.25, 0.3) is 0 Å². The molecule has 0 saturated heterocycles. The molecule has 0 aliphatic rings. The van der Waals surface area contributed by atoms with Gasteiger partial charge in [-0.15, -0.1) is 0 Å². The Hall–Kier alpha value is 0.800. The van der Waals surface area contributed by atoms with E-state index in [0.717, 1.165) is 0 Å². The van der Waals surface area contributed by atoms with Gasteiger partial charge in [0.25, 0.3) is 0 Å². The molecule has 72 valence electrons. The number of aliphatic hydroxyl groups excluding tert-OH is 3. The molecule has 6 N–H and O–H groups in total. The molecule has 12 heavy (non-hydrogen) atoms. The maximum Gasteiger partial charge on any atom is 1.00 e. The van der Waals surface area contributed by atoms with Crippen LogP contribution in [-0.2, 0) is 0 Å². The average Bonchev–Trinajstić information content (AvgIpc) is 1.90. The summed E-state index contributed by atoms with van der Waals surface area (Å²) in [7, 11) is 0. The van der Waals surface area contributed by atoms with Crippen LogP contribution in [0.1, 0.15) is 1.43 Å². The van der Waals surface area contributed by atoms with E-state index in [1.54, 1.807) is 4.90 Å². The van der Waals surface area contributed by atoms with E-state index >= 15 is 0 Å². The van der Waals surface area contributed by atoms with Crippen LogP contribution in [0.5, 0.6) is 0 Å². The fourth-order valence-corrected chi connectivity index (χ4v) is 0.760. The Bertz CT molecular complexity index is 68.6. The van der Waals surface area contributed by atoms with Gasteiger partial charge in [-0.3, -0.25) is 4.90 Å². The third kappa shape index (κ3) is 10.8. The van der Waals surface area contributed by atoms with E-state index in [-0.39, 0.29) is 57.0 Å². The summed E-state index contributed by atoms with van der Waals surface area (Å²) in [5.41, 5.74) is 0. The zero-order valence-electron chi connectivity index (χ0n) is 8.74. The van der Waals surface area contributed by atoms with Crippen molar-refractivity contribution in [2.45, 2.75) is 0 Å². The number of hydrogen-bond acceptors (Lipinski definition) is 5. The van der Waals surface area contributed by atoms with Crippen molar-refractivity contribution in [2.75, 3.05) is 39.5 Å². The molecule has 0 heterocycles. The SMILES string of the molecule is N.OCCN(CCO)CCO.[H-].[Na+]. The van der Waals surface area contributed by atoms with Crippen molar-refractivity contribution in [1.82, 2.24) is 11.1 Å². The van der Waals surface area contributed by atoms with Crippen molar-refractivity contribution >= 4 is 0 Å². The third-order valence-electron chi connectivity index (χ3n) is 1.25. The third-order valence-corrected chi connectivity index (χ3v) is 1.25. The Morgan fingerprint density at radius 3 is 1.25 bits per heavy atom. The van der Waals surface area contributed by atoms with E-state index in [0.29, 0.717) is 19.6 Å². The molecule has 0 amide bonds. The number of hydrogen-bond donors (Lipinski definition) is 4. The Balaban J connectivity index is -0.000000135. The van der Waals surface area contributed by atoms with E-state index in [2.05, 4.69) is 0 Å². The molecule has 0 aromatic heterocycles. The predicted octanol–water partition coefficient (Wildman–Crippen LogP) is -4.46. The fraction of sp³-hybridized carbons (Fsp3) is 1.00. The van der Waals surface area contributed by atoms with Gasteiger partial charge < -0.3 is 22.9 Å². The molecule has 0 bridgehead atoms. The van der Waals surface area contributed by atoms with Crippen molar-refractivity contribution in [1.29, 1.82) is 0 Å². The van der Waals surface area contributed by atoms with Gasteiger partial charge >= 0.3 is 29.6 Å². The van der Waals surface area contributed by atoms with Crippen LogP contribution in [0.15, 0.2) is 0 Å².